The Hall–Kier alpha value is -7.88. The van der Waals surface area contributed by atoms with Crippen LogP contribution in [0, 0.1) is 35.2 Å². The van der Waals surface area contributed by atoms with Crippen LogP contribution in [0.4, 0.5) is 56.0 Å². The van der Waals surface area contributed by atoms with Gasteiger partial charge in [-0.2, -0.15) is 0 Å². The Morgan fingerprint density at radius 1 is 0.446 bits per heavy atom. The van der Waals surface area contributed by atoms with Crippen molar-refractivity contribution < 1.29 is 47.6 Å². The van der Waals surface area contributed by atoms with E-state index in [1.807, 2.05) is 36.4 Å². The Morgan fingerprint density at radius 3 is 1.25 bits per heavy atom. The van der Waals surface area contributed by atoms with Gasteiger partial charge in [-0.1, -0.05) is 54.6 Å². The molecule has 4 bridgehead atoms. The van der Waals surface area contributed by atoms with Gasteiger partial charge in [-0.15, -0.1) is 0 Å². The molecule has 6 aromatic carbocycles. The molecule has 6 aromatic rings. The number of hydrogen-bond acceptors (Lipinski definition) is 7. The molecule has 6 amide bonds. The Morgan fingerprint density at radius 2 is 0.815 bits per heavy atom. The molecule has 4 aliphatic carbocycles. The second-order valence-electron chi connectivity index (χ2n) is 16.1. The Kier molecular flexibility index (Phi) is 14.3. The number of para-hydroxylation sites is 5. The number of halogens is 3. The van der Waals surface area contributed by atoms with Gasteiger partial charge in [-0.3, -0.25) is 0 Å². The highest BCUT2D eigenvalue weighted by Crippen LogP contribution is 2.55. The highest BCUT2D eigenvalue weighted by Gasteiger charge is 2.51. The van der Waals surface area contributed by atoms with Gasteiger partial charge >= 0.3 is 18.1 Å². The summed E-state index contributed by atoms with van der Waals surface area (Å²) in [5.41, 5.74) is 1.15. The van der Waals surface area contributed by atoms with Crippen LogP contribution in [0.3, 0.4) is 0 Å². The van der Waals surface area contributed by atoms with Crippen molar-refractivity contribution in [2.75, 3.05) is 26.6 Å². The number of carbonyl (C=O) groups excluding carboxylic acids is 3. The van der Waals surface area contributed by atoms with Crippen LogP contribution in [0.1, 0.15) is 38.5 Å². The molecule has 0 aliphatic heterocycles. The van der Waals surface area contributed by atoms with Crippen molar-refractivity contribution in [3.63, 3.8) is 0 Å². The normalized spacial score (nSPS) is 18.6. The number of ether oxygens (including phenoxy) is 1. The SMILES string of the molecule is O=C(Nc1ccc(Oc2ccccc2)cc1)Nc1cccc(F)c1O.O=C(Nc1cccc(F)c1O)NC12CC3CC(CC(C3)C1)C2.O=C(Nc1ccccc1)Nc1cccc(F)c1O. The van der Waals surface area contributed by atoms with Crippen molar-refractivity contribution in [2.45, 2.75) is 44.1 Å². The van der Waals surface area contributed by atoms with Gasteiger partial charge in [0.2, 0.25) is 0 Å². The number of hydrogen-bond donors (Lipinski definition) is 9. The quantitative estimate of drug-likeness (QED) is 0.0679. The lowest BCUT2D eigenvalue weighted by Crippen LogP contribution is -2.60. The summed E-state index contributed by atoms with van der Waals surface area (Å²) in [5, 5.41) is 44.2. The molecule has 0 unspecified atom stereocenters. The van der Waals surface area contributed by atoms with E-state index in [2.05, 4.69) is 31.9 Å². The number of aromatic hydroxyl groups is 3. The number of urea groups is 3. The van der Waals surface area contributed by atoms with Gasteiger partial charge < -0.3 is 52.0 Å². The summed E-state index contributed by atoms with van der Waals surface area (Å²) < 4.78 is 45.3. The first-order valence-corrected chi connectivity index (χ1v) is 20.9. The summed E-state index contributed by atoms with van der Waals surface area (Å²) in [4.78, 5) is 35.8. The van der Waals surface area contributed by atoms with Crippen LogP contribution < -0.4 is 36.6 Å². The average Bonchev–Trinajstić information content (AvgIpc) is 3.27. The molecule has 65 heavy (non-hydrogen) atoms. The van der Waals surface area contributed by atoms with Crippen LogP contribution in [0.25, 0.3) is 0 Å². The van der Waals surface area contributed by atoms with E-state index in [-0.39, 0.29) is 28.6 Å². The van der Waals surface area contributed by atoms with Gasteiger partial charge in [0.15, 0.2) is 34.7 Å². The molecule has 0 radical (unpaired) electrons. The van der Waals surface area contributed by atoms with E-state index in [1.54, 1.807) is 48.5 Å². The lowest BCUT2D eigenvalue weighted by atomic mass is 9.53. The third-order valence-corrected chi connectivity index (χ3v) is 11.2. The average molecular weight is 889 g/mol. The van der Waals surface area contributed by atoms with E-state index in [0.717, 1.165) is 55.2 Å². The molecule has 4 fully saturated rings. The molecule has 16 heteroatoms. The molecule has 0 atom stereocenters. The highest BCUT2D eigenvalue weighted by atomic mass is 19.1. The number of phenols is 3. The maximum absolute atomic E-state index is 13.3. The molecule has 0 heterocycles. The second-order valence-corrected chi connectivity index (χ2v) is 16.1. The number of phenolic OH excluding ortho intramolecular Hbond substituents is 3. The van der Waals surface area contributed by atoms with Crippen molar-refractivity contribution in [2.24, 2.45) is 17.8 Å². The lowest BCUT2D eigenvalue weighted by molar-refractivity contribution is -0.0127. The number of anilines is 5. The van der Waals surface area contributed by atoms with Gasteiger partial charge in [0, 0.05) is 16.9 Å². The predicted molar refractivity (Wildman–Crippen MR) is 242 cm³/mol. The fraction of sp³-hybridized carbons (Fsp3) is 0.204. The molecule has 336 valence electrons. The van der Waals surface area contributed by atoms with Gasteiger partial charge in [-0.25, -0.2) is 27.6 Å². The largest absolute Gasteiger partial charge is 0.503 e. The molecule has 4 aliphatic rings. The maximum Gasteiger partial charge on any atom is 0.323 e. The number of carbonyl (C=O) groups is 3. The van der Waals surface area contributed by atoms with Crippen LogP contribution in [0.5, 0.6) is 28.7 Å². The van der Waals surface area contributed by atoms with Gasteiger partial charge in [0.25, 0.3) is 0 Å². The zero-order valence-corrected chi connectivity index (χ0v) is 34.9. The van der Waals surface area contributed by atoms with Crippen molar-refractivity contribution >= 4 is 46.5 Å². The second kappa shape index (κ2) is 20.5. The monoisotopic (exact) mass is 888 g/mol. The topological polar surface area (TPSA) is 193 Å². The molecular formula is C49H47F3N6O7. The first-order chi connectivity index (χ1) is 31.3. The molecule has 9 N–H and O–H groups in total. The van der Waals surface area contributed by atoms with Crippen LogP contribution in [-0.4, -0.2) is 39.0 Å². The maximum atomic E-state index is 13.3. The van der Waals surface area contributed by atoms with E-state index in [0.29, 0.717) is 22.9 Å². The number of nitrogens with one attached hydrogen (secondary N) is 6. The van der Waals surface area contributed by atoms with Gasteiger partial charge in [-0.05, 0) is 141 Å². The van der Waals surface area contributed by atoms with Crippen LogP contribution in [0.15, 0.2) is 140 Å². The summed E-state index contributed by atoms with van der Waals surface area (Å²) in [6, 6.07) is 35.3. The molecule has 4 saturated carbocycles. The molecule has 13 nitrogen and oxygen atoms in total. The smallest absolute Gasteiger partial charge is 0.323 e. The summed E-state index contributed by atoms with van der Waals surface area (Å²) in [5.74, 6) is -0.451. The van der Waals surface area contributed by atoms with E-state index in [4.69, 9.17) is 4.74 Å². The van der Waals surface area contributed by atoms with Crippen LogP contribution >= 0.6 is 0 Å². The Balaban J connectivity index is 0.000000147. The van der Waals surface area contributed by atoms with Crippen LogP contribution in [0.2, 0.25) is 0 Å². The first kappa shape index (κ1) is 45.2. The fourth-order valence-corrected chi connectivity index (χ4v) is 8.83. The summed E-state index contributed by atoms with van der Waals surface area (Å²) >= 11 is 0. The van der Waals surface area contributed by atoms with E-state index >= 15 is 0 Å². The number of amides is 6. The van der Waals surface area contributed by atoms with Gasteiger partial charge in [0.05, 0.1) is 17.1 Å². The van der Waals surface area contributed by atoms with Crippen LogP contribution in [-0.2, 0) is 0 Å². The minimum atomic E-state index is -0.805. The molecule has 10 rings (SSSR count). The van der Waals surface area contributed by atoms with Crippen molar-refractivity contribution in [1.82, 2.24) is 5.32 Å². The molecular weight excluding hydrogens is 842 g/mol. The summed E-state index contributed by atoms with van der Waals surface area (Å²) in [6.07, 6.45) is 7.11. The predicted octanol–water partition coefficient (Wildman–Crippen LogP) is 11.8. The van der Waals surface area contributed by atoms with Crippen molar-refractivity contribution in [1.29, 1.82) is 0 Å². The van der Waals surface area contributed by atoms with Gasteiger partial charge in [0.1, 0.15) is 11.5 Å². The zero-order chi connectivity index (χ0) is 45.9. The number of rotatable bonds is 8. The molecule has 0 saturated heterocycles. The standard InChI is InChI=1S/C19H15FN2O3.C17H21FN2O2.C13H11FN2O2/c20-16-7-4-8-17(18(16)23)22-19(24)21-13-9-11-15(12-10-13)25-14-5-2-1-3-6-14;18-13-2-1-3-14(15(13)21)19-16(22)20-17-7-10-4-11(8-17)6-12(5-10)9-17;14-10-7-4-8-11(12(10)17)16-13(18)15-9-5-2-1-3-6-9/h1-12,23H,(H2,21,22,24);1-3,10-12,21H,4-9H2,(H2,19,20,22);1-8,17H,(H2,15,16,18). The number of benzene rings is 6. The third kappa shape index (κ3) is 12.2. The zero-order valence-electron chi connectivity index (χ0n) is 34.9. The highest BCUT2D eigenvalue weighted by molar-refractivity contribution is 6.01. The molecule has 0 spiro atoms. The van der Waals surface area contributed by atoms with E-state index in [9.17, 15) is 42.9 Å². The Bertz CT molecular complexity index is 2570. The third-order valence-electron chi connectivity index (χ3n) is 11.2. The minimum Gasteiger partial charge on any atom is -0.503 e. The first-order valence-electron chi connectivity index (χ1n) is 20.9. The van der Waals surface area contributed by atoms with E-state index < -0.39 is 46.8 Å². The van der Waals surface area contributed by atoms with E-state index in [1.165, 1.54) is 55.7 Å². The minimum absolute atomic E-state index is 0.0125. The van der Waals surface area contributed by atoms with Crippen molar-refractivity contribution in [3.05, 3.63) is 157 Å². The summed E-state index contributed by atoms with van der Waals surface area (Å²) in [6.45, 7) is 0. The summed E-state index contributed by atoms with van der Waals surface area (Å²) in [7, 11) is 0. The fourth-order valence-electron chi connectivity index (χ4n) is 8.83. The Labute approximate surface area is 372 Å². The molecule has 0 aromatic heterocycles. The lowest BCUT2D eigenvalue weighted by Gasteiger charge is -2.56. The van der Waals surface area contributed by atoms with Crippen molar-refractivity contribution in [3.8, 4) is 28.7 Å².